The molecule has 0 unspecified atom stereocenters. The van der Waals surface area contributed by atoms with Crippen molar-refractivity contribution in [2.24, 2.45) is 0 Å². The van der Waals surface area contributed by atoms with E-state index in [0.29, 0.717) is 12.8 Å². The minimum Gasteiger partial charge on any atom is -0.457 e. The Morgan fingerprint density at radius 3 is 1.64 bits per heavy atom. The van der Waals surface area contributed by atoms with Gasteiger partial charge in [0, 0.05) is 12.7 Å². The lowest BCUT2D eigenvalue weighted by atomic mass is 9.88. The molecule has 0 aliphatic carbocycles. The Labute approximate surface area is 282 Å². The zero-order valence-corrected chi connectivity index (χ0v) is 30.2. The Hall–Kier alpha value is -2.90. The molecular formula is C40H59F3O4. The number of benzene rings is 1. The third-order valence-electron chi connectivity index (χ3n) is 8.40. The van der Waals surface area contributed by atoms with Crippen molar-refractivity contribution in [3.63, 3.8) is 0 Å². The summed E-state index contributed by atoms with van der Waals surface area (Å²) in [5.74, 6) is -1.59. The number of allylic oxidation sites excluding steroid dienone is 10. The van der Waals surface area contributed by atoms with Crippen LogP contribution in [0.25, 0.3) is 0 Å². The summed E-state index contributed by atoms with van der Waals surface area (Å²) in [5, 5.41) is 11.6. The number of aliphatic hydroxyl groups is 1. The largest absolute Gasteiger partial charge is 0.457 e. The van der Waals surface area contributed by atoms with E-state index in [9.17, 15) is 23.1 Å². The zero-order chi connectivity index (χ0) is 35.7. The van der Waals surface area contributed by atoms with Crippen LogP contribution in [-0.2, 0) is 19.9 Å². The molecule has 0 saturated carbocycles. The summed E-state index contributed by atoms with van der Waals surface area (Å²) in [4.78, 5) is 13.5. The Kier molecular flexibility index (Phi) is 18.3. The monoisotopic (exact) mass is 660 g/mol. The molecular weight excluding hydrogens is 601 g/mol. The second kappa shape index (κ2) is 20.5. The maximum atomic E-state index is 14.6. The first-order valence-corrected chi connectivity index (χ1v) is 16.8. The lowest BCUT2D eigenvalue weighted by Crippen LogP contribution is -2.54. The SMILES string of the molecule is CO[C@@](C(=O)O[C@@H](CC/C=C(\C)CC/C=C(\C)CCC=C(C)C)[C@@](C)(O)CC/C=C(\C)CCC=C(C)C)(c1ccccc1)C(F)(F)F. The molecule has 264 valence electrons. The number of esters is 1. The summed E-state index contributed by atoms with van der Waals surface area (Å²) in [6, 6.07) is 6.77. The molecule has 1 aromatic carbocycles. The number of carbonyl (C=O) groups is 1. The van der Waals surface area contributed by atoms with Crippen LogP contribution in [-0.4, -0.2) is 36.1 Å². The highest BCUT2D eigenvalue weighted by Gasteiger charge is 2.64. The van der Waals surface area contributed by atoms with Crippen LogP contribution in [0.2, 0.25) is 0 Å². The van der Waals surface area contributed by atoms with E-state index in [1.54, 1.807) is 6.07 Å². The van der Waals surface area contributed by atoms with Crippen molar-refractivity contribution in [1.29, 1.82) is 0 Å². The number of ether oxygens (including phenoxy) is 2. The van der Waals surface area contributed by atoms with E-state index >= 15 is 0 Å². The predicted molar refractivity (Wildman–Crippen MR) is 188 cm³/mol. The Morgan fingerprint density at radius 1 is 0.745 bits per heavy atom. The highest BCUT2D eigenvalue weighted by atomic mass is 19.4. The summed E-state index contributed by atoms with van der Waals surface area (Å²) in [7, 11) is 0.849. The van der Waals surface area contributed by atoms with Gasteiger partial charge in [-0.3, -0.25) is 0 Å². The van der Waals surface area contributed by atoms with Gasteiger partial charge in [-0.2, -0.15) is 13.2 Å². The van der Waals surface area contributed by atoms with Crippen molar-refractivity contribution >= 4 is 5.97 Å². The average molecular weight is 661 g/mol. The van der Waals surface area contributed by atoms with Crippen LogP contribution in [0.15, 0.2) is 88.6 Å². The van der Waals surface area contributed by atoms with Crippen LogP contribution in [0.1, 0.15) is 125 Å². The summed E-state index contributed by atoms with van der Waals surface area (Å²) >= 11 is 0. The van der Waals surface area contributed by atoms with Gasteiger partial charge in [0.15, 0.2) is 0 Å². The van der Waals surface area contributed by atoms with E-state index < -0.39 is 29.5 Å². The number of halogens is 3. The van der Waals surface area contributed by atoms with Gasteiger partial charge in [-0.05, 0) is 120 Å². The third kappa shape index (κ3) is 14.8. The first-order valence-electron chi connectivity index (χ1n) is 16.8. The molecule has 0 bridgehead atoms. The van der Waals surface area contributed by atoms with E-state index in [4.69, 9.17) is 9.47 Å². The average Bonchev–Trinajstić information content (AvgIpc) is 2.96. The second-order valence-corrected chi connectivity index (χ2v) is 13.4. The van der Waals surface area contributed by atoms with Gasteiger partial charge < -0.3 is 14.6 Å². The van der Waals surface area contributed by atoms with Gasteiger partial charge in [-0.25, -0.2) is 4.79 Å². The number of methoxy groups -OCH3 is 1. The molecule has 47 heavy (non-hydrogen) atoms. The van der Waals surface area contributed by atoms with Crippen molar-refractivity contribution in [3.8, 4) is 0 Å². The topological polar surface area (TPSA) is 55.8 Å². The molecule has 3 atom stereocenters. The second-order valence-electron chi connectivity index (χ2n) is 13.4. The van der Waals surface area contributed by atoms with E-state index in [1.807, 2.05) is 26.0 Å². The molecule has 0 aliphatic heterocycles. The highest BCUT2D eigenvalue weighted by molar-refractivity contribution is 5.83. The fourth-order valence-corrected chi connectivity index (χ4v) is 5.38. The van der Waals surface area contributed by atoms with Crippen LogP contribution in [0.3, 0.4) is 0 Å². The Balaban J connectivity index is 3.18. The van der Waals surface area contributed by atoms with Gasteiger partial charge in [0.05, 0.1) is 5.60 Å². The molecule has 1 aromatic rings. The minimum atomic E-state index is -5.10. The first-order chi connectivity index (χ1) is 22.0. The molecule has 7 heteroatoms. The zero-order valence-electron chi connectivity index (χ0n) is 30.2. The molecule has 0 aliphatic rings. The van der Waals surface area contributed by atoms with Gasteiger partial charge in [0.25, 0.3) is 5.60 Å². The minimum absolute atomic E-state index is 0.156. The summed E-state index contributed by atoms with van der Waals surface area (Å²) < 4.78 is 54.5. The van der Waals surface area contributed by atoms with Crippen molar-refractivity contribution in [2.45, 2.75) is 143 Å². The van der Waals surface area contributed by atoms with Crippen LogP contribution >= 0.6 is 0 Å². The smallest absolute Gasteiger partial charge is 0.432 e. The van der Waals surface area contributed by atoms with Crippen LogP contribution in [0, 0.1) is 0 Å². The number of hydrogen-bond donors (Lipinski definition) is 1. The number of hydrogen-bond acceptors (Lipinski definition) is 4. The molecule has 1 N–H and O–H groups in total. The lowest BCUT2D eigenvalue weighted by Gasteiger charge is -2.37. The van der Waals surface area contributed by atoms with Crippen LogP contribution in [0.5, 0.6) is 0 Å². The number of alkyl halides is 3. The van der Waals surface area contributed by atoms with Gasteiger partial charge >= 0.3 is 12.1 Å². The van der Waals surface area contributed by atoms with Crippen molar-refractivity contribution < 1.29 is 32.5 Å². The van der Waals surface area contributed by atoms with E-state index in [1.165, 1.54) is 47.9 Å². The van der Waals surface area contributed by atoms with Gasteiger partial charge in [-0.1, -0.05) is 88.6 Å². The van der Waals surface area contributed by atoms with Crippen LogP contribution in [0.4, 0.5) is 13.2 Å². The predicted octanol–water partition coefficient (Wildman–Crippen LogP) is 11.4. The molecule has 4 nitrogen and oxygen atoms in total. The quantitative estimate of drug-likeness (QED) is 0.112. The fourth-order valence-electron chi connectivity index (χ4n) is 5.38. The van der Waals surface area contributed by atoms with Crippen molar-refractivity contribution in [2.75, 3.05) is 7.11 Å². The maximum absolute atomic E-state index is 14.6. The molecule has 0 amide bonds. The van der Waals surface area contributed by atoms with Crippen molar-refractivity contribution in [1.82, 2.24) is 0 Å². The molecule has 0 aromatic heterocycles. The normalized spacial score (nSPS) is 16.1. The third-order valence-corrected chi connectivity index (χ3v) is 8.40. The Bertz CT molecular complexity index is 1240. The Morgan fingerprint density at radius 2 is 1.19 bits per heavy atom. The maximum Gasteiger partial charge on any atom is 0.432 e. The molecule has 0 spiro atoms. The fraction of sp³-hybridized carbons (Fsp3) is 0.575. The summed E-state index contributed by atoms with van der Waals surface area (Å²) in [6.07, 6.45) is 11.2. The van der Waals surface area contributed by atoms with E-state index in [0.717, 1.165) is 56.8 Å². The highest BCUT2D eigenvalue weighted by Crippen LogP contribution is 2.44. The van der Waals surface area contributed by atoms with Gasteiger partial charge in [-0.15, -0.1) is 0 Å². The summed E-state index contributed by atoms with van der Waals surface area (Å²) in [5.41, 5.74) is 0.894. The van der Waals surface area contributed by atoms with E-state index in [-0.39, 0.29) is 18.4 Å². The first kappa shape index (κ1) is 42.1. The van der Waals surface area contributed by atoms with E-state index in [2.05, 4.69) is 52.8 Å². The number of carbonyl (C=O) groups excluding carboxylic acids is 1. The molecule has 0 saturated heterocycles. The molecule has 1 rings (SSSR count). The van der Waals surface area contributed by atoms with Gasteiger partial charge in [0.2, 0.25) is 0 Å². The van der Waals surface area contributed by atoms with Crippen molar-refractivity contribution in [3.05, 3.63) is 94.1 Å². The lowest BCUT2D eigenvalue weighted by molar-refractivity contribution is -0.281. The molecule has 0 heterocycles. The van der Waals surface area contributed by atoms with Gasteiger partial charge in [0.1, 0.15) is 6.10 Å². The number of rotatable bonds is 20. The van der Waals surface area contributed by atoms with Crippen LogP contribution < -0.4 is 0 Å². The molecule has 0 radical (unpaired) electrons. The standard InChI is InChI=1S/C40H59F3O4/c1-30(2)18-13-20-32(5)22-15-23-33(6)24-16-28-36(38(8,45)29-17-25-34(7)21-14-19-31(3)4)47-37(44)39(46-9,40(41,42)43)35-26-11-10-12-27-35/h10-12,18-19,22,24-27,36,45H,13-17,20-21,23,28-29H2,1-9H3/b32-22+,33-24+,34-25+/t36-,38-,39+/m0/s1. The summed E-state index contributed by atoms with van der Waals surface area (Å²) in [6.45, 7) is 16.0. The molecule has 0 fully saturated rings.